The molecule has 0 saturated heterocycles. The number of hydrogen-bond donors (Lipinski definition) is 1. The largest absolute Gasteiger partial charge is 0.416 e. The Morgan fingerprint density at radius 3 is 2.35 bits per heavy atom. The minimum absolute atomic E-state index is 0.287. The maximum Gasteiger partial charge on any atom is 0.416 e. The van der Waals surface area contributed by atoms with Crippen LogP contribution in [0.3, 0.4) is 0 Å². The van der Waals surface area contributed by atoms with Crippen molar-refractivity contribution in [2.45, 2.75) is 12.3 Å². The third-order valence-electron chi connectivity index (χ3n) is 3.78. The molecule has 0 radical (unpaired) electrons. The number of rotatable bonds is 2. The van der Waals surface area contributed by atoms with Gasteiger partial charge >= 0.3 is 6.18 Å². The van der Waals surface area contributed by atoms with Crippen LogP contribution >= 0.6 is 27.5 Å². The molecule has 0 amide bonds. The first-order chi connectivity index (χ1) is 10.8. The van der Waals surface area contributed by atoms with Crippen LogP contribution in [0.15, 0.2) is 42.5 Å². The zero-order valence-electron chi connectivity index (χ0n) is 11.7. The van der Waals surface area contributed by atoms with Crippen molar-refractivity contribution < 1.29 is 18.3 Å². The molecule has 1 N–H and O–H groups in total. The zero-order chi connectivity index (χ0) is 16.8. The zero-order valence-corrected chi connectivity index (χ0v) is 14.0. The van der Waals surface area contributed by atoms with Gasteiger partial charge in [0.1, 0.15) is 0 Å². The van der Waals surface area contributed by atoms with E-state index in [-0.39, 0.29) is 5.33 Å². The van der Waals surface area contributed by atoms with E-state index < -0.39 is 17.8 Å². The molecule has 0 aromatic heterocycles. The van der Waals surface area contributed by atoms with E-state index in [1.54, 1.807) is 24.3 Å². The fraction of sp³-hybridized carbons (Fsp3) is 0.176. The van der Waals surface area contributed by atoms with Crippen molar-refractivity contribution in [3.63, 3.8) is 0 Å². The maximum atomic E-state index is 13.0. The average molecular weight is 404 g/mol. The van der Waals surface area contributed by atoms with E-state index in [1.807, 2.05) is 0 Å². The van der Waals surface area contributed by atoms with E-state index in [0.29, 0.717) is 32.1 Å². The second-order valence-corrected chi connectivity index (χ2v) is 6.34. The van der Waals surface area contributed by atoms with Crippen LogP contribution in [0, 0.1) is 0 Å². The summed E-state index contributed by atoms with van der Waals surface area (Å²) >= 11 is 9.19. The molecule has 23 heavy (non-hydrogen) atoms. The van der Waals surface area contributed by atoms with Gasteiger partial charge in [0.2, 0.25) is 0 Å². The van der Waals surface area contributed by atoms with Gasteiger partial charge in [-0.05, 0) is 57.4 Å². The van der Waals surface area contributed by atoms with Gasteiger partial charge in [0.05, 0.1) is 11.7 Å². The molecule has 0 saturated carbocycles. The summed E-state index contributed by atoms with van der Waals surface area (Å²) in [5.41, 5.74) is -0.146. The Morgan fingerprint density at radius 1 is 1.00 bits per heavy atom. The van der Waals surface area contributed by atoms with Crippen LogP contribution in [0.4, 0.5) is 13.2 Å². The van der Waals surface area contributed by atoms with Gasteiger partial charge in [0.15, 0.2) is 0 Å². The van der Waals surface area contributed by atoms with Crippen LogP contribution in [0.5, 0.6) is 0 Å². The van der Waals surface area contributed by atoms with Crippen LogP contribution in [-0.2, 0) is 6.18 Å². The molecule has 0 spiro atoms. The number of halogens is 5. The number of fused-ring (bicyclic) bond motifs is 3. The Labute approximate surface area is 143 Å². The van der Waals surface area contributed by atoms with E-state index >= 15 is 0 Å². The minimum atomic E-state index is -4.42. The molecule has 1 nitrogen and oxygen atoms in total. The lowest BCUT2D eigenvalue weighted by molar-refractivity contribution is -0.137. The van der Waals surface area contributed by atoms with Crippen LogP contribution in [0.2, 0.25) is 5.02 Å². The summed E-state index contributed by atoms with van der Waals surface area (Å²) in [4.78, 5) is 0. The molecule has 0 bridgehead atoms. The highest BCUT2D eigenvalue weighted by atomic mass is 79.9. The summed E-state index contributed by atoms with van der Waals surface area (Å²) in [5, 5.41) is 13.4. The van der Waals surface area contributed by atoms with Gasteiger partial charge in [-0.3, -0.25) is 0 Å². The number of aliphatic hydroxyl groups is 1. The fourth-order valence-corrected chi connectivity index (χ4v) is 3.23. The van der Waals surface area contributed by atoms with Gasteiger partial charge in [0.25, 0.3) is 0 Å². The quantitative estimate of drug-likeness (QED) is 0.405. The van der Waals surface area contributed by atoms with E-state index in [1.165, 1.54) is 6.07 Å². The highest BCUT2D eigenvalue weighted by Crippen LogP contribution is 2.37. The molecular formula is C17H11BrClF3O. The summed E-state index contributed by atoms with van der Waals surface area (Å²) in [5.74, 6) is 0. The van der Waals surface area contributed by atoms with Gasteiger partial charge in [-0.1, -0.05) is 39.7 Å². The molecule has 3 aromatic carbocycles. The van der Waals surface area contributed by atoms with E-state index in [4.69, 9.17) is 11.6 Å². The van der Waals surface area contributed by atoms with E-state index in [2.05, 4.69) is 15.9 Å². The lowest BCUT2D eigenvalue weighted by Gasteiger charge is -2.16. The smallest absolute Gasteiger partial charge is 0.388 e. The van der Waals surface area contributed by atoms with Crippen LogP contribution < -0.4 is 0 Å². The molecule has 0 aliphatic rings. The monoisotopic (exact) mass is 402 g/mol. The van der Waals surface area contributed by atoms with Crippen molar-refractivity contribution in [3.8, 4) is 0 Å². The van der Waals surface area contributed by atoms with Gasteiger partial charge in [-0.2, -0.15) is 13.2 Å². The third-order valence-corrected chi connectivity index (χ3v) is 4.63. The molecule has 120 valence electrons. The standard InChI is InChI=1S/C17H11BrClF3O/c18-8-16(23)15-6-9-5-11(19)2-4-12(9)14-7-10(17(20,21)22)1-3-13(14)15/h1-7,16,23H,8H2/t16-/m1/s1. The van der Waals surface area contributed by atoms with Crippen LogP contribution in [0.25, 0.3) is 21.5 Å². The summed E-state index contributed by atoms with van der Waals surface area (Å²) in [6.07, 6.45) is -5.24. The summed E-state index contributed by atoms with van der Waals surface area (Å²) < 4.78 is 39.1. The van der Waals surface area contributed by atoms with Gasteiger partial charge in [-0.25, -0.2) is 0 Å². The van der Waals surface area contributed by atoms with Crippen molar-refractivity contribution in [2.75, 3.05) is 5.33 Å². The summed E-state index contributed by atoms with van der Waals surface area (Å²) in [6, 6.07) is 10.4. The molecule has 6 heteroatoms. The molecule has 0 unspecified atom stereocenters. The Bertz CT molecular complexity index is 892. The topological polar surface area (TPSA) is 20.2 Å². The van der Waals surface area contributed by atoms with Crippen molar-refractivity contribution in [1.82, 2.24) is 0 Å². The highest BCUT2D eigenvalue weighted by Gasteiger charge is 2.31. The predicted molar refractivity (Wildman–Crippen MR) is 90.2 cm³/mol. The second-order valence-electron chi connectivity index (χ2n) is 5.26. The number of hydrogen-bond acceptors (Lipinski definition) is 1. The lowest BCUT2D eigenvalue weighted by atomic mass is 9.93. The normalized spacial score (nSPS) is 13.7. The van der Waals surface area contributed by atoms with Gasteiger partial charge in [0, 0.05) is 10.4 Å². The minimum Gasteiger partial charge on any atom is -0.388 e. The number of aliphatic hydroxyl groups excluding tert-OH is 1. The third kappa shape index (κ3) is 3.05. The molecule has 0 fully saturated rings. The highest BCUT2D eigenvalue weighted by molar-refractivity contribution is 9.09. The Kier molecular flexibility index (Phi) is 4.29. The molecule has 3 rings (SSSR count). The Hall–Kier alpha value is -1.30. The van der Waals surface area contributed by atoms with Crippen LogP contribution in [-0.4, -0.2) is 10.4 Å². The van der Waals surface area contributed by atoms with E-state index in [0.717, 1.165) is 12.1 Å². The molecule has 0 aliphatic carbocycles. The SMILES string of the molecule is O[C@H](CBr)c1cc2cc(Cl)ccc2c2cc(C(F)(F)F)ccc12. The molecule has 0 aliphatic heterocycles. The number of benzene rings is 3. The van der Waals surface area contributed by atoms with Crippen molar-refractivity contribution in [1.29, 1.82) is 0 Å². The van der Waals surface area contributed by atoms with Crippen molar-refractivity contribution >= 4 is 49.1 Å². The Morgan fingerprint density at radius 2 is 1.70 bits per heavy atom. The predicted octanol–water partition coefficient (Wildman–Crippen LogP) is 6.09. The molecule has 3 aromatic rings. The first kappa shape index (κ1) is 16.6. The first-order valence-corrected chi connectivity index (χ1v) is 8.28. The van der Waals surface area contributed by atoms with Gasteiger partial charge in [-0.15, -0.1) is 0 Å². The molecule has 0 heterocycles. The van der Waals surface area contributed by atoms with Crippen molar-refractivity contribution in [3.05, 3.63) is 58.6 Å². The number of alkyl halides is 4. The first-order valence-electron chi connectivity index (χ1n) is 6.78. The maximum absolute atomic E-state index is 13.0. The molecular weight excluding hydrogens is 393 g/mol. The van der Waals surface area contributed by atoms with E-state index in [9.17, 15) is 18.3 Å². The van der Waals surface area contributed by atoms with Crippen LogP contribution in [0.1, 0.15) is 17.2 Å². The molecule has 1 atom stereocenters. The van der Waals surface area contributed by atoms with Crippen molar-refractivity contribution in [2.24, 2.45) is 0 Å². The average Bonchev–Trinajstić information content (AvgIpc) is 2.51. The second kappa shape index (κ2) is 5.96. The summed E-state index contributed by atoms with van der Waals surface area (Å²) in [6.45, 7) is 0. The summed E-state index contributed by atoms with van der Waals surface area (Å²) in [7, 11) is 0. The Balaban J connectivity index is 2.43. The fourth-order valence-electron chi connectivity index (χ4n) is 2.70. The lowest BCUT2D eigenvalue weighted by Crippen LogP contribution is -2.05. The van der Waals surface area contributed by atoms with Gasteiger partial charge < -0.3 is 5.11 Å².